The van der Waals surface area contributed by atoms with E-state index >= 15 is 0 Å². The number of hydrogen-bond donors (Lipinski definition) is 2. The molecular formula is C19H22F3N3O4S. The molecule has 2 N–H and O–H groups in total. The van der Waals surface area contributed by atoms with Crippen molar-refractivity contribution in [1.82, 2.24) is 10.0 Å². The molecule has 164 valence electrons. The lowest BCUT2D eigenvalue weighted by Crippen LogP contribution is -2.35. The number of sulfonamides is 1. The first kappa shape index (κ1) is 23.5. The molecule has 0 radical (unpaired) electrons. The predicted molar refractivity (Wildman–Crippen MR) is 106 cm³/mol. The van der Waals surface area contributed by atoms with Gasteiger partial charge in [-0.2, -0.15) is 0 Å². The molecule has 1 amide bonds. The monoisotopic (exact) mass is 445 g/mol. The lowest BCUT2D eigenvalue weighted by Gasteiger charge is -2.19. The van der Waals surface area contributed by atoms with Crippen molar-refractivity contribution in [2.45, 2.75) is 17.7 Å². The molecule has 0 saturated carbocycles. The van der Waals surface area contributed by atoms with Gasteiger partial charge in [-0.15, -0.1) is 13.2 Å². The minimum Gasteiger partial charge on any atom is -0.406 e. The van der Waals surface area contributed by atoms with E-state index in [1.54, 1.807) is 0 Å². The number of carbonyl (C=O) groups is 1. The number of likely N-dealkylation sites (N-methyl/N-ethyl adjacent to an activating group) is 1. The number of halogens is 3. The summed E-state index contributed by atoms with van der Waals surface area (Å²) in [5, 5.41) is 2.70. The third-order valence-electron chi connectivity index (χ3n) is 3.98. The highest BCUT2D eigenvalue weighted by molar-refractivity contribution is 7.89. The molecular weight excluding hydrogens is 423 g/mol. The summed E-state index contributed by atoms with van der Waals surface area (Å²) in [5.41, 5.74) is 1.01. The van der Waals surface area contributed by atoms with Crippen LogP contribution in [0.3, 0.4) is 0 Å². The fourth-order valence-electron chi connectivity index (χ4n) is 2.47. The molecule has 7 nitrogen and oxygen atoms in total. The Bertz CT molecular complexity index is 920. The second-order valence-corrected chi connectivity index (χ2v) is 8.04. The fraction of sp³-hybridized carbons (Fsp3) is 0.316. The van der Waals surface area contributed by atoms with Gasteiger partial charge in [-0.3, -0.25) is 4.79 Å². The number of amides is 1. The molecule has 0 fully saturated rings. The highest BCUT2D eigenvalue weighted by Gasteiger charge is 2.31. The van der Waals surface area contributed by atoms with Crippen molar-refractivity contribution >= 4 is 21.6 Å². The van der Waals surface area contributed by atoms with Crippen LogP contribution < -0.4 is 19.7 Å². The average molecular weight is 445 g/mol. The minimum absolute atomic E-state index is 0.0798. The van der Waals surface area contributed by atoms with E-state index < -0.39 is 22.1 Å². The van der Waals surface area contributed by atoms with E-state index in [0.717, 1.165) is 30.0 Å². The van der Waals surface area contributed by atoms with Crippen molar-refractivity contribution in [1.29, 1.82) is 0 Å². The maximum Gasteiger partial charge on any atom is 0.573 e. The molecule has 30 heavy (non-hydrogen) atoms. The maximum atomic E-state index is 12.2. The van der Waals surface area contributed by atoms with Crippen LogP contribution in [0.1, 0.15) is 6.42 Å². The molecule has 0 heterocycles. The van der Waals surface area contributed by atoms with Crippen LogP contribution in [0, 0.1) is 0 Å². The number of hydrogen-bond acceptors (Lipinski definition) is 5. The molecule has 2 aromatic rings. The van der Waals surface area contributed by atoms with Gasteiger partial charge in [0.15, 0.2) is 0 Å². The third kappa shape index (κ3) is 7.91. The van der Waals surface area contributed by atoms with Crippen LogP contribution in [0.25, 0.3) is 0 Å². The molecule has 0 saturated heterocycles. The molecule has 2 rings (SSSR count). The molecule has 0 aliphatic carbocycles. The van der Waals surface area contributed by atoms with Crippen molar-refractivity contribution in [3.05, 3.63) is 54.6 Å². The largest absolute Gasteiger partial charge is 0.573 e. The van der Waals surface area contributed by atoms with Crippen molar-refractivity contribution in [3.8, 4) is 5.75 Å². The zero-order valence-electron chi connectivity index (χ0n) is 16.1. The predicted octanol–water partition coefficient (Wildman–Crippen LogP) is 2.51. The molecule has 0 atom stereocenters. The molecule has 0 bridgehead atoms. The molecule has 0 aromatic heterocycles. The van der Waals surface area contributed by atoms with Crippen LogP contribution in [-0.4, -0.2) is 47.4 Å². The minimum atomic E-state index is -4.86. The number of nitrogens with one attached hydrogen (secondary N) is 2. The highest BCUT2D eigenvalue weighted by Crippen LogP contribution is 2.23. The van der Waals surface area contributed by atoms with Crippen molar-refractivity contribution in [2.75, 3.05) is 31.6 Å². The van der Waals surface area contributed by atoms with E-state index in [-0.39, 0.29) is 23.8 Å². The van der Waals surface area contributed by atoms with Crippen LogP contribution in [0.2, 0.25) is 0 Å². The van der Waals surface area contributed by atoms with Gasteiger partial charge in [0.25, 0.3) is 0 Å². The van der Waals surface area contributed by atoms with Crippen LogP contribution in [0.15, 0.2) is 59.5 Å². The normalized spacial score (nSPS) is 11.7. The van der Waals surface area contributed by atoms with E-state index in [1.807, 2.05) is 42.3 Å². The van der Waals surface area contributed by atoms with Crippen LogP contribution in [0.5, 0.6) is 5.75 Å². The summed E-state index contributed by atoms with van der Waals surface area (Å²) in [6, 6.07) is 13.4. The Kier molecular flexibility index (Phi) is 8.07. The summed E-state index contributed by atoms with van der Waals surface area (Å²) in [6.45, 7) is 0.814. The van der Waals surface area contributed by atoms with Gasteiger partial charge in [0.2, 0.25) is 15.9 Å². The lowest BCUT2D eigenvalue weighted by molar-refractivity contribution is -0.274. The first-order valence-electron chi connectivity index (χ1n) is 8.95. The summed E-state index contributed by atoms with van der Waals surface area (Å²) in [6.07, 6.45) is -4.94. The Morgan fingerprint density at radius 2 is 1.67 bits per heavy atom. The van der Waals surface area contributed by atoms with E-state index in [2.05, 4.69) is 14.8 Å². The van der Waals surface area contributed by atoms with Gasteiger partial charge in [0.1, 0.15) is 5.75 Å². The van der Waals surface area contributed by atoms with Gasteiger partial charge in [-0.05, 0) is 36.4 Å². The Morgan fingerprint density at radius 3 is 2.27 bits per heavy atom. The van der Waals surface area contributed by atoms with E-state index in [0.29, 0.717) is 13.1 Å². The molecule has 0 aliphatic rings. The standard InChI is InChI=1S/C19H22F3N3O4S/c1-25(15-5-3-2-4-6-15)14-13-23-18(26)11-12-24-30(27,28)17-9-7-16(8-10-17)29-19(20,21)22/h2-10,24H,11-14H2,1H3,(H,23,26). The molecule has 0 unspecified atom stereocenters. The quantitative estimate of drug-likeness (QED) is 0.587. The Labute approximate surface area is 172 Å². The number of alkyl halides is 3. The first-order valence-corrected chi connectivity index (χ1v) is 10.4. The second kappa shape index (κ2) is 10.3. The Hall–Kier alpha value is -2.79. The lowest BCUT2D eigenvalue weighted by atomic mass is 10.3. The topological polar surface area (TPSA) is 87.7 Å². The van der Waals surface area contributed by atoms with Gasteiger partial charge in [-0.1, -0.05) is 18.2 Å². The SMILES string of the molecule is CN(CCNC(=O)CCNS(=O)(=O)c1ccc(OC(F)(F)F)cc1)c1ccccc1. The zero-order valence-corrected chi connectivity index (χ0v) is 17.0. The van der Waals surface area contributed by atoms with Crippen LogP contribution >= 0.6 is 0 Å². The van der Waals surface area contributed by atoms with Crippen LogP contribution in [0.4, 0.5) is 18.9 Å². The van der Waals surface area contributed by atoms with Crippen molar-refractivity contribution in [2.24, 2.45) is 0 Å². The fourth-order valence-corrected chi connectivity index (χ4v) is 3.50. The summed E-state index contributed by atoms with van der Waals surface area (Å²) >= 11 is 0. The average Bonchev–Trinajstić information content (AvgIpc) is 2.67. The number of para-hydroxylation sites is 1. The molecule has 0 spiro atoms. The summed E-state index contributed by atoms with van der Waals surface area (Å²) in [7, 11) is -2.07. The number of carbonyl (C=O) groups excluding carboxylic acids is 1. The van der Waals surface area contributed by atoms with Gasteiger partial charge < -0.3 is 15.0 Å². The first-order chi connectivity index (χ1) is 14.1. The zero-order chi connectivity index (χ0) is 22.2. The number of benzene rings is 2. The molecule has 0 aliphatic heterocycles. The van der Waals surface area contributed by atoms with E-state index in [9.17, 15) is 26.4 Å². The van der Waals surface area contributed by atoms with Crippen LogP contribution in [-0.2, 0) is 14.8 Å². The van der Waals surface area contributed by atoms with Gasteiger partial charge >= 0.3 is 6.36 Å². The van der Waals surface area contributed by atoms with Crippen molar-refractivity contribution in [3.63, 3.8) is 0 Å². The summed E-state index contributed by atoms with van der Waals surface area (Å²) in [5.74, 6) is -0.852. The Morgan fingerprint density at radius 1 is 1.03 bits per heavy atom. The summed E-state index contributed by atoms with van der Waals surface area (Å²) in [4.78, 5) is 13.6. The summed E-state index contributed by atoms with van der Waals surface area (Å²) < 4.78 is 66.7. The molecule has 11 heteroatoms. The van der Waals surface area contributed by atoms with Crippen molar-refractivity contribution < 1.29 is 31.1 Å². The highest BCUT2D eigenvalue weighted by atomic mass is 32.2. The number of nitrogens with zero attached hydrogens (tertiary/aromatic N) is 1. The van der Waals surface area contributed by atoms with Gasteiger partial charge in [-0.25, -0.2) is 13.1 Å². The van der Waals surface area contributed by atoms with Gasteiger partial charge in [0.05, 0.1) is 4.90 Å². The van der Waals surface area contributed by atoms with E-state index in [1.165, 1.54) is 0 Å². The molecule has 2 aromatic carbocycles. The second-order valence-electron chi connectivity index (χ2n) is 6.27. The number of ether oxygens (including phenoxy) is 1. The third-order valence-corrected chi connectivity index (χ3v) is 5.46. The van der Waals surface area contributed by atoms with Gasteiger partial charge in [0, 0.05) is 38.8 Å². The maximum absolute atomic E-state index is 12.2. The number of rotatable bonds is 10. The van der Waals surface area contributed by atoms with E-state index in [4.69, 9.17) is 0 Å². The smallest absolute Gasteiger partial charge is 0.406 e. The Balaban J connectivity index is 1.73. The number of anilines is 1.